The molecule has 12 heavy (non-hydrogen) atoms. The van der Waals surface area contributed by atoms with Crippen molar-refractivity contribution in [2.75, 3.05) is 0 Å². The zero-order chi connectivity index (χ0) is 8.85. The second-order valence-electron chi connectivity index (χ2n) is 2.59. The van der Waals surface area contributed by atoms with Crippen LogP contribution in [0.1, 0.15) is 26.2 Å². The van der Waals surface area contributed by atoms with Crippen LogP contribution in [-0.2, 0) is 4.79 Å². The lowest BCUT2D eigenvalue weighted by atomic mass is 10.1. The van der Waals surface area contributed by atoms with Gasteiger partial charge in [0, 0.05) is 6.04 Å². The predicted molar refractivity (Wildman–Crippen MR) is 48.4 cm³/mol. The standard InChI is InChI=1S/C7H15NO3.ClH/c1-2-3-4-5(8)6(9)7(10)11;/h5-6,9H,2-4,8H2,1H3,(H,10,11);1H/t5-,6?;/m0./s1. The molecule has 0 saturated carbocycles. The van der Waals surface area contributed by atoms with Crippen LogP contribution in [0.5, 0.6) is 0 Å². The van der Waals surface area contributed by atoms with E-state index >= 15 is 0 Å². The minimum atomic E-state index is -1.42. The Morgan fingerprint density at radius 1 is 1.58 bits per heavy atom. The molecule has 4 N–H and O–H groups in total. The summed E-state index contributed by atoms with van der Waals surface area (Å²) in [6.07, 6.45) is 0.955. The minimum absolute atomic E-state index is 0. The fourth-order valence-electron chi connectivity index (χ4n) is 0.781. The maximum atomic E-state index is 10.2. The molecule has 0 amide bonds. The Labute approximate surface area is 78.2 Å². The van der Waals surface area contributed by atoms with Gasteiger partial charge in [-0.15, -0.1) is 12.4 Å². The van der Waals surface area contributed by atoms with Gasteiger partial charge in [0.2, 0.25) is 0 Å². The molecular formula is C7H16ClNO3. The molecule has 5 heteroatoms. The molecule has 74 valence electrons. The van der Waals surface area contributed by atoms with Crippen molar-refractivity contribution in [3.05, 3.63) is 0 Å². The van der Waals surface area contributed by atoms with Crippen LogP contribution in [0.25, 0.3) is 0 Å². The number of hydrogen-bond donors (Lipinski definition) is 3. The van der Waals surface area contributed by atoms with Crippen LogP contribution in [0.4, 0.5) is 0 Å². The topological polar surface area (TPSA) is 83.5 Å². The van der Waals surface area contributed by atoms with Crippen molar-refractivity contribution in [3.63, 3.8) is 0 Å². The minimum Gasteiger partial charge on any atom is -0.479 e. The normalized spacial score (nSPS) is 14.6. The number of unbranched alkanes of at least 4 members (excludes halogenated alkanes) is 1. The Kier molecular flexibility index (Phi) is 8.69. The number of halogens is 1. The van der Waals surface area contributed by atoms with Crippen molar-refractivity contribution in [2.24, 2.45) is 5.73 Å². The van der Waals surface area contributed by atoms with Gasteiger partial charge in [-0.3, -0.25) is 0 Å². The maximum Gasteiger partial charge on any atom is 0.334 e. The molecule has 0 aromatic carbocycles. The fraction of sp³-hybridized carbons (Fsp3) is 0.857. The summed E-state index contributed by atoms with van der Waals surface area (Å²) in [6, 6.07) is -0.632. The molecule has 0 heterocycles. The third kappa shape index (κ3) is 5.35. The molecule has 0 fully saturated rings. The number of nitrogens with two attached hydrogens (primary N) is 1. The Morgan fingerprint density at radius 3 is 2.42 bits per heavy atom. The molecule has 0 aliphatic heterocycles. The molecule has 0 rings (SSSR count). The number of carboxylic acids is 1. The Hall–Kier alpha value is -0.320. The Balaban J connectivity index is 0. The highest BCUT2D eigenvalue weighted by Crippen LogP contribution is 2.02. The summed E-state index contributed by atoms with van der Waals surface area (Å²) in [5, 5.41) is 17.2. The first kappa shape index (κ1) is 14.2. The first-order valence-electron chi connectivity index (χ1n) is 3.76. The molecule has 4 nitrogen and oxygen atoms in total. The molecule has 0 spiro atoms. The molecular weight excluding hydrogens is 182 g/mol. The van der Waals surface area contributed by atoms with Crippen LogP contribution in [0.3, 0.4) is 0 Å². The smallest absolute Gasteiger partial charge is 0.334 e. The monoisotopic (exact) mass is 197 g/mol. The lowest BCUT2D eigenvalue weighted by molar-refractivity contribution is -0.147. The number of aliphatic hydroxyl groups excluding tert-OH is 1. The number of hydrogen-bond acceptors (Lipinski definition) is 3. The number of aliphatic carboxylic acids is 1. The highest BCUT2D eigenvalue weighted by Gasteiger charge is 2.20. The van der Waals surface area contributed by atoms with Crippen LogP contribution in [0.15, 0.2) is 0 Å². The van der Waals surface area contributed by atoms with Gasteiger partial charge < -0.3 is 15.9 Å². The molecule has 0 radical (unpaired) electrons. The lowest BCUT2D eigenvalue weighted by Crippen LogP contribution is -2.40. The van der Waals surface area contributed by atoms with Crippen molar-refractivity contribution < 1.29 is 15.0 Å². The zero-order valence-electron chi connectivity index (χ0n) is 7.06. The third-order valence-corrected chi connectivity index (χ3v) is 1.55. The second kappa shape index (κ2) is 7.34. The van der Waals surface area contributed by atoms with Gasteiger partial charge in [0.1, 0.15) is 0 Å². The second-order valence-corrected chi connectivity index (χ2v) is 2.59. The van der Waals surface area contributed by atoms with E-state index in [1.165, 1.54) is 0 Å². The Morgan fingerprint density at radius 2 is 2.08 bits per heavy atom. The van der Waals surface area contributed by atoms with Crippen LogP contribution < -0.4 is 5.73 Å². The van der Waals surface area contributed by atoms with Crippen molar-refractivity contribution in [3.8, 4) is 0 Å². The van der Waals surface area contributed by atoms with E-state index in [1.54, 1.807) is 0 Å². The maximum absolute atomic E-state index is 10.2. The highest BCUT2D eigenvalue weighted by molar-refractivity contribution is 5.85. The predicted octanol–water partition coefficient (Wildman–Crippen LogP) is 0.371. The number of rotatable bonds is 5. The number of aliphatic hydroxyl groups is 1. The van der Waals surface area contributed by atoms with E-state index in [0.717, 1.165) is 12.8 Å². The van der Waals surface area contributed by atoms with Crippen LogP contribution in [0.2, 0.25) is 0 Å². The molecule has 2 atom stereocenters. The van der Waals surface area contributed by atoms with Crippen molar-refractivity contribution in [1.29, 1.82) is 0 Å². The van der Waals surface area contributed by atoms with Gasteiger partial charge in [-0.2, -0.15) is 0 Å². The summed E-state index contributed by atoms with van der Waals surface area (Å²) < 4.78 is 0. The van der Waals surface area contributed by atoms with Crippen LogP contribution in [0, 0.1) is 0 Å². The quantitative estimate of drug-likeness (QED) is 0.595. The lowest BCUT2D eigenvalue weighted by Gasteiger charge is -2.13. The number of carbonyl (C=O) groups is 1. The Bertz CT molecular complexity index is 132. The van der Waals surface area contributed by atoms with Gasteiger partial charge in [-0.1, -0.05) is 19.8 Å². The van der Waals surface area contributed by atoms with E-state index in [1.807, 2.05) is 6.92 Å². The first-order chi connectivity index (χ1) is 5.09. The van der Waals surface area contributed by atoms with Crippen molar-refractivity contribution >= 4 is 18.4 Å². The van der Waals surface area contributed by atoms with E-state index in [9.17, 15) is 4.79 Å². The molecule has 0 saturated heterocycles. The fourth-order valence-corrected chi connectivity index (χ4v) is 0.781. The van der Waals surface area contributed by atoms with Gasteiger partial charge in [0.25, 0.3) is 0 Å². The van der Waals surface area contributed by atoms with Crippen LogP contribution >= 0.6 is 12.4 Å². The van der Waals surface area contributed by atoms with Crippen LogP contribution in [-0.4, -0.2) is 28.3 Å². The molecule has 0 aromatic heterocycles. The van der Waals surface area contributed by atoms with Gasteiger partial charge >= 0.3 is 5.97 Å². The molecule has 0 aliphatic rings. The summed E-state index contributed by atoms with van der Waals surface area (Å²) in [4.78, 5) is 10.2. The molecule has 0 bridgehead atoms. The van der Waals surface area contributed by atoms with E-state index in [-0.39, 0.29) is 12.4 Å². The summed E-state index contributed by atoms with van der Waals surface area (Å²) >= 11 is 0. The SMILES string of the molecule is CCCC[C@H](N)C(O)C(=O)O.Cl. The average molecular weight is 198 g/mol. The van der Waals surface area contributed by atoms with Crippen molar-refractivity contribution in [2.45, 2.75) is 38.3 Å². The van der Waals surface area contributed by atoms with Gasteiger partial charge in [0.15, 0.2) is 6.10 Å². The number of carboxylic acid groups (broad SMARTS) is 1. The third-order valence-electron chi connectivity index (χ3n) is 1.55. The van der Waals surface area contributed by atoms with Crippen molar-refractivity contribution in [1.82, 2.24) is 0 Å². The van der Waals surface area contributed by atoms with Gasteiger partial charge in [-0.25, -0.2) is 4.79 Å². The van der Waals surface area contributed by atoms with Gasteiger partial charge in [-0.05, 0) is 6.42 Å². The average Bonchev–Trinajstić information content (AvgIpc) is 1.98. The molecule has 0 aliphatic carbocycles. The highest BCUT2D eigenvalue weighted by atomic mass is 35.5. The summed E-state index contributed by atoms with van der Waals surface area (Å²) in [7, 11) is 0. The zero-order valence-corrected chi connectivity index (χ0v) is 7.88. The summed E-state index contributed by atoms with van der Waals surface area (Å²) in [5.74, 6) is -1.24. The van der Waals surface area contributed by atoms with E-state index in [2.05, 4.69) is 0 Å². The van der Waals surface area contributed by atoms with E-state index in [4.69, 9.17) is 15.9 Å². The van der Waals surface area contributed by atoms with E-state index < -0.39 is 18.1 Å². The molecule has 0 aromatic rings. The van der Waals surface area contributed by atoms with E-state index in [0.29, 0.717) is 6.42 Å². The molecule has 1 unspecified atom stereocenters. The summed E-state index contributed by atoms with van der Waals surface area (Å²) in [6.45, 7) is 1.99. The van der Waals surface area contributed by atoms with Gasteiger partial charge in [0.05, 0.1) is 0 Å². The largest absolute Gasteiger partial charge is 0.479 e. The summed E-state index contributed by atoms with van der Waals surface area (Å²) in [5.41, 5.74) is 5.37. The first-order valence-corrected chi connectivity index (χ1v) is 3.76.